The molecule has 1 aliphatic rings. The van der Waals surface area contributed by atoms with Crippen molar-refractivity contribution in [3.8, 4) is 11.3 Å². The molecule has 0 bridgehead atoms. The van der Waals surface area contributed by atoms with Crippen LogP contribution in [-0.2, 0) is 0 Å². The summed E-state index contributed by atoms with van der Waals surface area (Å²) in [7, 11) is 0. The fourth-order valence-corrected chi connectivity index (χ4v) is 2.43. The van der Waals surface area contributed by atoms with Crippen molar-refractivity contribution >= 4 is 5.82 Å². The predicted molar refractivity (Wildman–Crippen MR) is 71.5 cm³/mol. The molecule has 1 atom stereocenters. The number of rotatable bonds is 1. The molecule has 92 valence electrons. The van der Waals surface area contributed by atoms with Gasteiger partial charge >= 0.3 is 0 Å². The highest BCUT2D eigenvalue weighted by Crippen LogP contribution is 2.35. The SMILES string of the molecule is c1ccc(C2Nc3ncncc3-c3cncn32)cc1. The summed E-state index contributed by atoms with van der Waals surface area (Å²) in [4.78, 5) is 12.6. The third-order valence-corrected chi connectivity index (χ3v) is 3.32. The second-order valence-corrected chi connectivity index (χ2v) is 4.43. The summed E-state index contributed by atoms with van der Waals surface area (Å²) in [6.07, 6.45) is 7.06. The Morgan fingerprint density at radius 3 is 2.84 bits per heavy atom. The number of nitrogens with zero attached hydrogens (tertiary/aromatic N) is 4. The zero-order valence-corrected chi connectivity index (χ0v) is 10.1. The van der Waals surface area contributed by atoms with Gasteiger partial charge in [0.2, 0.25) is 0 Å². The molecule has 0 radical (unpaired) electrons. The number of aromatic nitrogens is 4. The minimum atomic E-state index is 0.0149. The van der Waals surface area contributed by atoms with Crippen molar-refractivity contribution in [3.63, 3.8) is 0 Å². The number of hydrogen-bond donors (Lipinski definition) is 1. The molecular formula is C14H11N5. The molecule has 4 rings (SSSR count). The van der Waals surface area contributed by atoms with E-state index < -0.39 is 0 Å². The number of nitrogens with one attached hydrogen (secondary N) is 1. The third kappa shape index (κ3) is 1.52. The monoisotopic (exact) mass is 249 g/mol. The molecule has 3 heterocycles. The van der Waals surface area contributed by atoms with Gasteiger partial charge in [-0.1, -0.05) is 30.3 Å². The summed E-state index contributed by atoms with van der Waals surface area (Å²) in [5.41, 5.74) is 3.18. The van der Waals surface area contributed by atoms with Crippen LogP contribution in [0.5, 0.6) is 0 Å². The van der Waals surface area contributed by atoms with Gasteiger partial charge in [-0.2, -0.15) is 0 Å². The molecule has 0 saturated heterocycles. The van der Waals surface area contributed by atoms with Crippen molar-refractivity contribution in [2.45, 2.75) is 6.17 Å². The van der Waals surface area contributed by atoms with Crippen LogP contribution in [0.2, 0.25) is 0 Å². The Morgan fingerprint density at radius 1 is 1.05 bits per heavy atom. The molecule has 0 saturated carbocycles. The van der Waals surface area contributed by atoms with Gasteiger partial charge in [0.05, 0.1) is 23.8 Å². The average Bonchev–Trinajstić information content (AvgIpc) is 2.97. The van der Waals surface area contributed by atoms with Gasteiger partial charge in [-0.25, -0.2) is 15.0 Å². The number of imidazole rings is 1. The van der Waals surface area contributed by atoms with Crippen molar-refractivity contribution < 1.29 is 0 Å². The maximum absolute atomic E-state index is 4.31. The third-order valence-electron chi connectivity index (χ3n) is 3.32. The summed E-state index contributed by atoms with van der Waals surface area (Å²) in [5.74, 6) is 0.844. The molecule has 0 aliphatic carbocycles. The van der Waals surface area contributed by atoms with E-state index in [1.165, 1.54) is 5.56 Å². The fourth-order valence-electron chi connectivity index (χ4n) is 2.43. The highest BCUT2D eigenvalue weighted by atomic mass is 15.3. The van der Waals surface area contributed by atoms with E-state index in [0.29, 0.717) is 0 Å². The minimum absolute atomic E-state index is 0.0149. The van der Waals surface area contributed by atoms with Crippen LogP contribution in [0.1, 0.15) is 11.7 Å². The highest BCUT2D eigenvalue weighted by Gasteiger charge is 2.25. The number of hydrogen-bond acceptors (Lipinski definition) is 4. The number of anilines is 1. The maximum atomic E-state index is 4.31. The van der Waals surface area contributed by atoms with Crippen LogP contribution in [0.3, 0.4) is 0 Å². The summed E-state index contributed by atoms with van der Waals surface area (Å²) in [5, 5.41) is 3.43. The molecule has 3 aromatic rings. The van der Waals surface area contributed by atoms with E-state index in [4.69, 9.17) is 0 Å². The summed E-state index contributed by atoms with van der Waals surface area (Å²) in [6, 6.07) is 10.3. The van der Waals surface area contributed by atoms with Crippen molar-refractivity contribution in [1.82, 2.24) is 19.5 Å². The van der Waals surface area contributed by atoms with E-state index in [-0.39, 0.29) is 6.17 Å². The Balaban J connectivity index is 1.91. The Hall–Kier alpha value is -2.69. The molecule has 0 spiro atoms. The van der Waals surface area contributed by atoms with Crippen molar-refractivity contribution in [2.75, 3.05) is 5.32 Å². The first-order valence-corrected chi connectivity index (χ1v) is 6.07. The quantitative estimate of drug-likeness (QED) is 0.719. The molecule has 2 aromatic heterocycles. The second kappa shape index (κ2) is 3.91. The Kier molecular flexibility index (Phi) is 2.11. The fraction of sp³-hybridized carbons (Fsp3) is 0.0714. The van der Waals surface area contributed by atoms with E-state index >= 15 is 0 Å². The van der Waals surface area contributed by atoms with Gasteiger partial charge in [-0.3, -0.25) is 0 Å². The first-order valence-electron chi connectivity index (χ1n) is 6.07. The molecule has 19 heavy (non-hydrogen) atoms. The van der Waals surface area contributed by atoms with E-state index in [1.54, 1.807) is 6.33 Å². The van der Waals surface area contributed by atoms with Gasteiger partial charge in [-0.05, 0) is 5.56 Å². The molecule has 5 heteroatoms. The van der Waals surface area contributed by atoms with Crippen LogP contribution in [0.15, 0.2) is 55.4 Å². The molecule has 1 aromatic carbocycles. The standard InChI is InChI=1S/C14H11N5/c1-2-4-10(5-3-1)14-18-13-11(6-15-8-17-13)12-7-16-9-19(12)14/h1-9,14H,(H,15,17,18). The normalized spacial score (nSPS) is 16.3. The van der Waals surface area contributed by atoms with Gasteiger partial charge in [0.1, 0.15) is 18.3 Å². The smallest absolute Gasteiger partial charge is 0.140 e. The predicted octanol–water partition coefficient (Wildman–Crippen LogP) is 2.31. The van der Waals surface area contributed by atoms with Crippen LogP contribution >= 0.6 is 0 Å². The van der Waals surface area contributed by atoms with Crippen LogP contribution in [0.25, 0.3) is 11.3 Å². The molecule has 1 unspecified atom stereocenters. The van der Waals surface area contributed by atoms with E-state index in [9.17, 15) is 0 Å². The van der Waals surface area contributed by atoms with Crippen molar-refractivity contribution in [3.05, 3.63) is 60.9 Å². The van der Waals surface area contributed by atoms with Gasteiger partial charge < -0.3 is 9.88 Å². The van der Waals surface area contributed by atoms with E-state index in [2.05, 4.69) is 37.0 Å². The Bertz CT molecular complexity index is 719. The Labute approximate surface area is 110 Å². The van der Waals surface area contributed by atoms with E-state index in [1.807, 2.05) is 36.9 Å². The average molecular weight is 249 g/mol. The number of fused-ring (bicyclic) bond motifs is 3. The summed E-state index contributed by atoms with van der Waals surface area (Å²) < 4.78 is 2.10. The minimum Gasteiger partial charge on any atom is -0.345 e. The van der Waals surface area contributed by atoms with Gasteiger partial charge in [-0.15, -0.1) is 0 Å². The molecule has 5 nitrogen and oxygen atoms in total. The van der Waals surface area contributed by atoms with Crippen LogP contribution in [-0.4, -0.2) is 19.5 Å². The lowest BCUT2D eigenvalue weighted by molar-refractivity contribution is 0.644. The molecular weight excluding hydrogens is 238 g/mol. The topological polar surface area (TPSA) is 55.6 Å². The lowest BCUT2D eigenvalue weighted by atomic mass is 10.1. The maximum Gasteiger partial charge on any atom is 0.140 e. The van der Waals surface area contributed by atoms with Crippen molar-refractivity contribution in [2.24, 2.45) is 0 Å². The second-order valence-electron chi connectivity index (χ2n) is 4.43. The largest absolute Gasteiger partial charge is 0.345 e. The van der Waals surface area contributed by atoms with Crippen LogP contribution < -0.4 is 5.32 Å². The van der Waals surface area contributed by atoms with Gasteiger partial charge in [0.15, 0.2) is 0 Å². The van der Waals surface area contributed by atoms with Gasteiger partial charge in [0, 0.05) is 6.20 Å². The van der Waals surface area contributed by atoms with Crippen LogP contribution in [0, 0.1) is 0 Å². The Morgan fingerprint density at radius 2 is 1.95 bits per heavy atom. The molecule has 1 N–H and O–H groups in total. The number of benzene rings is 1. The van der Waals surface area contributed by atoms with Crippen LogP contribution in [0.4, 0.5) is 5.82 Å². The lowest BCUT2D eigenvalue weighted by Crippen LogP contribution is -2.24. The van der Waals surface area contributed by atoms with Gasteiger partial charge in [0.25, 0.3) is 0 Å². The zero-order valence-electron chi connectivity index (χ0n) is 10.1. The van der Waals surface area contributed by atoms with Crippen molar-refractivity contribution in [1.29, 1.82) is 0 Å². The molecule has 1 aliphatic heterocycles. The van der Waals surface area contributed by atoms with E-state index in [0.717, 1.165) is 17.1 Å². The molecule has 0 amide bonds. The first kappa shape index (κ1) is 10.3. The lowest BCUT2D eigenvalue weighted by Gasteiger charge is -2.28. The molecule has 0 fully saturated rings. The summed E-state index contributed by atoms with van der Waals surface area (Å²) in [6.45, 7) is 0. The zero-order chi connectivity index (χ0) is 12.7. The summed E-state index contributed by atoms with van der Waals surface area (Å²) >= 11 is 0. The first-order chi connectivity index (χ1) is 9.43. The highest BCUT2D eigenvalue weighted by molar-refractivity contribution is 5.74.